The molecule has 0 saturated carbocycles. The maximum absolute atomic E-state index is 6.33. The van der Waals surface area contributed by atoms with Crippen LogP contribution in [0.5, 0.6) is 0 Å². The number of hydrogen-bond donors (Lipinski definition) is 2. The minimum Gasteiger partial charge on any atom is -0.452 e. The van der Waals surface area contributed by atoms with Crippen LogP contribution in [0, 0.1) is 13.8 Å². The number of fused-ring (bicyclic) bond motifs is 4. The third-order valence-electron chi connectivity index (χ3n) is 4.75. The highest BCUT2D eigenvalue weighted by Crippen LogP contribution is 2.33. The number of rotatable bonds is 2. The Bertz CT molecular complexity index is 1140. The Morgan fingerprint density at radius 1 is 1.12 bits per heavy atom. The molecule has 0 bridgehead atoms. The molecule has 0 saturated heterocycles. The summed E-state index contributed by atoms with van der Waals surface area (Å²) < 4.78 is 6.33. The molecule has 4 nitrogen and oxygen atoms in total. The van der Waals surface area contributed by atoms with Gasteiger partial charge in [0.25, 0.3) is 0 Å². The number of hydrogen-bond acceptors (Lipinski definition) is 3. The van der Waals surface area contributed by atoms with Crippen LogP contribution in [0.15, 0.2) is 40.8 Å². The molecule has 2 aromatic carbocycles. The maximum Gasteiger partial charge on any atom is 0.212 e. The van der Waals surface area contributed by atoms with Crippen molar-refractivity contribution in [1.29, 1.82) is 0 Å². The van der Waals surface area contributed by atoms with Gasteiger partial charge in [0.15, 0.2) is 11.3 Å². The Kier molecular flexibility index (Phi) is 3.68. The first-order valence-corrected chi connectivity index (χ1v) is 8.65. The van der Waals surface area contributed by atoms with Crippen molar-refractivity contribution in [3.05, 3.63) is 52.9 Å². The smallest absolute Gasteiger partial charge is 0.212 e. The molecule has 0 radical (unpaired) electrons. The van der Waals surface area contributed by atoms with Gasteiger partial charge in [0.05, 0.1) is 10.9 Å². The molecule has 0 fully saturated rings. The Labute approximate surface area is 146 Å². The van der Waals surface area contributed by atoms with Crippen molar-refractivity contribution < 1.29 is 9.41 Å². The van der Waals surface area contributed by atoms with Gasteiger partial charge in [-0.2, -0.15) is 0 Å². The van der Waals surface area contributed by atoms with Gasteiger partial charge in [-0.25, -0.2) is 9.98 Å². The Balaban J connectivity index is 2.18. The van der Waals surface area contributed by atoms with E-state index in [0.717, 1.165) is 56.5 Å². The molecule has 0 unspecified atom stereocenters. The van der Waals surface area contributed by atoms with Gasteiger partial charge in [-0.15, -0.1) is 0 Å². The van der Waals surface area contributed by atoms with E-state index in [1.54, 1.807) is 0 Å². The molecule has 1 aliphatic heterocycles. The standard InChI is InChI=1S/C21H21N3O/c1-5-23-16-11-18-17(10-12(16)2)24-20-15-9-7-6-8-14(15)19(22-4)13(3)21(20)25-18/h6-11,23H,5H2,1-4H3/p+1. The van der Waals surface area contributed by atoms with E-state index in [2.05, 4.69) is 55.3 Å². The molecule has 2 aromatic rings. The molecule has 2 N–H and O–H groups in total. The number of aromatic nitrogens is 1. The van der Waals surface area contributed by atoms with Crippen molar-refractivity contribution in [1.82, 2.24) is 4.98 Å². The van der Waals surface area contributed by atoms with Crippen LogP contribution in [-0.2, 0) is 0 Å². The van der Waals surface area contributed by atoms with Gasteiger partial charge in [0.2, 0.25) is 5.36 Å². The SMILES string of the molecule is CCNc1cc2oc3c(C)c(=[NH+]C)c4ccccc4c-3nc2cc1C. The third-order valence-corrected chi connectivity index (χ3v) is 4.75. The van der Waals surface area contributed by atoms with Gasteiger partial charge in [-0.05, 0) is 38.5 Å². The lowest BCUT2D eigenvalue weighted by Crippen LogP contribution is -2.72. The van der Waals surface area contributed by atoms with Crippen molar-refractivity contribution >= 4 is 27.6 Å². The molecule has 0 atom stereocenters. The van der Waals surface area contributed by atoms with Crippen LogP contribution in [0.2, 0.25) is 0 Å². The molecule has 0 spiro atoms. The van der Waals surface area contributed by atoms with Crippen molar-refractivity contribution in [2.45, 2.75) is 20.8 Å². The van der Waals surface area contributed by atoms with Gasteiger partial charge in [-0.1, -0.05) is 18.2 Å². The van der Waals surface area contributed by atoms with E-state index in [1.165, 1.54) is 5.56 Å². The number of nitrogens with one attached hydrogen (secondary N) is 2. The van der Waals surface area contributed by atoms with Crippen LogP contribution < -0.4 is 15.7 Å². The number of anilines is 1. The molecule has 0 amide bonds. The maximum atomic E-state index is 6.33. The Morgan fingerprint density at radius 3 is 2.60 bits per heavy atom. The molecule has 1 heterocycles. The minimum absolute atomic E-state index is 0.800. The Hall–Kier alpha value is -2.88. The quantitative estimate of drug-likeness (QED) is 0.438. The predicted molar refractivity (Wildman–Crippen MR) is 102 cm³/mol. The van der Waals surface area contributed by atoms with E-state index in [-0.39, 0.29) is 0 Å². The molecular weight excluding hydrogens is 310 g/mol. The molecule has 126 valence electrons. The predicted octanol–water partition coefficient (Wildman–Crippen LogP) is 2.75. The summed E-state index contributed by atoms with van der Waals surface area (Å²) in [5, 5.41) is 6.74. The second kappa shape index (κ2) is 5.88. The lowest BCUT2D eigenvalue weighted by atomic mass is 9.99. The summed E-state index contributed by atoms with van der Waals surface area (Å²) in [4.78, 5) is 8.27. The first-order chi connectivity index (χ1) is 12.1. The molecule has 25 heavy (non-hydrogen) atoms. The van der Waals surface area contributed by atoms with E-state index in [9.17, 15) is 0 Å². The number of benzene rings is 3. The first-order valence-electron chi connectivity index (χ1n) is 8.65. The van der Waals surface area contributed by atoms with Crippen molar-refractivity contribution in [2.75, 3.05) is 18.9 Å². The van der Waals surface area contributed by atoms with Crippen LogP contribution in [0.25, 0.3) is 33.3 Å². The average Bonchev–Trinajstić information content (AvgIpc) is 2.62. The fourth-order valence-corrected chi connectivity index (χ4v) is 3.53. The summed E-state index contributed by atoms with van der Waals surface area (Å²) in [7, 11) is 1.95. The molecule has 1 aliphatic carbocycles. The topological polar surface area (TPSA) is 52.0 Å². The first kappa shape index (κ1) is 15.6. The second-order valence-corrected chi connectivity index (χ2v) is 6.35. The molecule has 4 rings (SSSR count). The average molecular weight is 332 g/mol. The zero-order valence-electron chi connectivity index (χ0n) is 15.0. The van der Waals surface area contributed by atoms with Gasteiger partial charge in [0.1, 0.15) is 18.3 Å². The third kappa shape index (κ3) is 2.37. The summed E-state index contributed by atoms with van der Waals surface area (Å²) in [6.07, 6.45) is 0. The normalized spacial score (nSPS) is 12.4. The fraction of sp³-hybridized carbons (Fsp3) is 0.238. The summed E-state index contributed by atoms with van der Waals surface area (Å²) in [6, 6.07) is 12.5. The van der Waals surface area contributed by atoms with Crippen LogP contribution in [0.4, 0.5) is 5.69 Å². The van der Waals surface area contributed by atoms with Gasteiger partial charge in [-0.3, -0.25) is 0 Å². The van der Waals surface area contributed by atoms with Gasteiger partial charge >= 0.3 is 0 Å². The van der Waals surface area contributed by atoms with E-state index < -0.39 is 0 Å². The zero-order valence-corrected chi connectivity index (χ0v) is 15.0. The largest absolute Gasteiger partial charge is 0.452 e. The second-order valence-electron chi connectivity index (χ2n) is 6.35. The molecular formula is C21H22N3O+. The van der Waals surface area contributed by atoms with Gasteiger partial charge in [0, 0.05) is 23.7 Å². The van der Waals surface area contributed by atoms with Crippen LogP contribution in [0.3, 0.4) is 0 Å². The lowest BCUT2D eigenvalue weighted by molar-refractivity contribution is -0.464. The van der Waals surface area contributed by atoms with Gasteiger partial charge < -0.3 is 9.73 Å². The fourth-order valence-electron chi connectivity index (χ4n) is 3.53. The minimum atomic E-state index is 0.800. The van der Waals surface area contributed by atoms with Crippen molar-refractivity contribution in [3.8, 4) is 11.5 Å². The van der Waals surface area contributed by atoms with Crippen molar-refractivity contribution in [3.63, 3.8) is 0 Å². The highest BCUT2D eigenvalue weighted by molar-refractivity contribution is 5.97. The number of nitrogens with zero attached hydrogens (tertiary/aromatic N) is 1. The van der Waals surface area contributed by atoms with E-state index in [4.69, 9.17) is 9.40 Å². The highest BCUT2D eigenvalue weighted by atomic mass is 16.3. The van der Waals surface area contributed by atoms with E-state index >= 15 is 0 Å². The summed E-state index contributed by atoms with van der Waals surface area (Å²) in [5.74, 6) is 0.835. The van der Waals surface area contributed by atoms with E-state index in [1.807, 2.05) is 19.2 Å². The lowest BCUT2D eigenvalue weighted by Gasteiger charge is -2.14. The van der Waals surface area contributed by atoms with E-state index in [0.29, 0.717) is 0 Å². The molecule has 0 aromatic heterocycles. The summed E-state index contributed by atoms with van der Waals surface area (Å²) in [6.45, 7) is 7.14. The number of aryl methyl sites for hydroxylation is 1. The van der Waals surface area contributed by atoms with Crippen LogP contribution >= 0.6 is 0 Å². The zero-order chi connectivity index (χ0) is 17.6. The highest BCUT2D eigenvalue weighted by Gasteiger charge is 2.21. The summed E-state index contributed by atoms with van der Waals surface area (Å²) in [5.41, 5.74) is 5.94. The molecule has 2 aliphatic rings. The summed E-state index contributed by atoms with van der Waals surface area (Å²) >= 11 is 0. The van der Waals surface area contributed by atoms with Crippen LogP contribution in [0.1, 0.15) is 18.1 Å². The van der Waals surface area contributed by atoms with Crippen LogP contribution in [-0.4, -0.2) is 18.6 Å². The Morgan fingerprint density at radius 2 is 1.88 bits per heavy atom. The van der Waals surface area contributed by atoms with Crippen molar-refractivity contribution in [2.24, 2.45) is 0 Å². The molecule has 4 heteroatoms. The monoisotopic (exact) mass is 332 g/mol.